The molecule has 2 heterocycles. The first-order valence-electron chi connectivity index (χ1n) is 11.2. The van der Waals surface area contributed by atoms with Gasteiger partial charge in [-0.2, -0.15) is 0 Å². The first kappa shape index (κ1) is 22.2. The number of benzene rings is 2. The third-order valence-electron chi connectivity index (χ3n) is 6.03. The van der Waals surface area contributed by atoms with Crippen molar-refractivity contribution in [2.24, 2.45) is 5.92 Å². The Kier molecular flexibility index (Phi) is 6.99. The SMILES string of the molecule is COc1ccc(N2CCN([C@H](c3ccc(F)cc3)c3nnnn3CCC(C)C)CC2)cc1. The highest BCUT2D eigenvalue weighted by atomic mass is 19.1. The fourth-order valence-electron chi connectivity index (χ4n) is 4.15. The maximum atomic E-state index is 13.6. The lowest BCUT2D eigenvalue weighted by Gasteiger charge is -2.40. The number of anilines is 1. The number of halogens is 1. The van der Waals surface area contributed by atoms with Gasteiger partial charge in [0, 0.05) is 38.4 Å². The summed E-state index contributed by atoms with van der Waals surface area (Å²) in [6.07, 6.45) is 0.999. The normalized spacial score (nSPS) is 15.8. The van der Waals surface area contributed by atoms with E-state index in [9.17, 15) is 4.39 Å². The number of nitrogens with zero attached hydrogens (tertiary/aromatic N) is 6. The van der Waals surface area contributed by atoms with Gasteiger partial charge in [0.2, 0.25) is 0 Å². The fourth-order valence-corrected chi connectivity index (χ4v) is 4.15. The number of tetrazole rings is 1. The van der Waals surface area contributed by atoms with Crippen molar-refractivity contribution in [3.05, 3.63) is 65.7 Å². The van der Waals surface area contributed by atoms with Crippen LogP contribution in [-0.4, -0.2) is 58.4 Å². The zero-order valence-electron chi connectivity index (χ0n) is 19.0. The van der Waals surface area contributed by atoms with Gasteiger partial charge in [-0.3, -0.25) is 4.90 Å². The summed E-state index contributed by atoms with van der Waals surface area (Å²) in [5.41, 5.74) is 2.19. The van der Waals surface area contributed by atoms with Crippen LogP contribution in [0.3, 0.4) is 0 Å². The molecule has 0 amide bonds. The minimum atomic E-state index is -0.240. The van der Waals surface area contributed by atoms with Gasteiger partial charge >= 0.3 is 0 Å². The Morgan fingerprint density at radius 1 is 0.969 bits per heavy atom. The zero-order chi connectivity index (χ0) is 22.5. The molecule has 1 aliphatic heterocycles. The quantitative estimate of drug-likeness (QED) is 0.534. The van der Waals surface area contributed by atoms with E-state index in [1.165, 1.54) is 17.8 Å². The first-order valence-corrected chi connectivity index (χ1v) is 11.2. The van der Waals surface area contributed by atoms with E-state index in [0.29, 0.717) is 5.92 Å². The molecule has 3 aromatic rings. The molecule has 32 heavy (non-hydrogen) atoms. The van der Waals surface area contributed by atoms with Crippen LogP contribution in [0.1, 0.15) is 37.7 Å². The van der Waals surface area contributed by atoms with Crippen LogP contribution >= 0.6 is 0 Å². The maximum Gasteiger partial charge on any atom is 0.173 e. The number of ether oxygens (including phenoxy) is 1. The van der Waals surface area contributed by atoms with Gasteiger partial charge in [-0.15, -0.1) is 5.10 Å². The van der Waals surface area contributed by atoms with Crippen LogP contribution in [0.2, 0.25) is 0 Å². The molecule has 1 atom stereocenters. The van der Waals surface area contributed by atoms with E-state index in [2.05, 4.69) is 51.3 Å². The van der Waals surface area contributed by atoms with Crippen LogP contribution < -0.4 is 9.64 Å². The number of methoxy groups -OCH3 is 1. The van der Waals surface area contributed by atoms with Gasteiger partial charge in [0.15, 0.2) is 5.82 Å². The first-order chi connectivity index (χ1) is 15.5. The van der Waals surface area contributed by atoms with Crippen molar-refractivity contribution >= 4 is 5.69 Å². The summed E-state index contributed by atoms with van der Waals surface area (Å²) in [4.78, 5) is 4.77. The molecule has 1 saturated heterocycles. The topological polar surface area (TPSA) is 59.3 Å². The van der Waals surface area contributed by atoms with Gasteiger partial charge in [-0.1, -0.05) is 26.0 Å². The molecule has 170 valence electrons. The standard InChI is InChI=1S/C24H31FN6O/c1-18(2)12-13-31-24(26-27-28-31)23(19-4-6-20(25)7-5-19)30-16-14-29(15-17-30)21-8-10-22(32-3)11-9-21/h4-11,18,23H,12-17H2,1-3H3/t23-/m1/s1. The molecule has 2 aromatic carbocycles. The van der Waals surface area contributed by atoms with Crippen molar-refractivity contribution in [2.75, 3.05) is 38.2 Å². The van der Waals surface area contributed by atoms with Crippen molar-refractivity contribution in [3.8, 4) is 5.75 Å². The van der Waals surface area contributed by atoms with Crippen molar-refractivity contribution in [1.29, 1.82) is 0 Å². The lowest BCUT2D eigenvalue weighted by molar-refractivity contribution is 0.200. The van der Waals surface area contributed by atoms with Gasteiger partial charge < -0.3 is 9.64 Å². The average Bonchev–Trinajstić information content (AvgIpc) is 3.28. The molecule has 0 aliphatic carbocycles. The van der Waals surface area contributed by atoms with Crippen LogP contribution in [0.4, 0.5) is 10.1 Å². The van der Waals surface area contributed by atoms with Gasteiger partial charge in [0.1, 0.15) is 11.6 Å². The van der Waals surface area contributed by atoms with Crippen LogP contribution in [0.25, 0.3) is 0 Å². The van der Waals surface area contributed by atoms with E-state index in [1.807, 2.05) is 28.9 Å². The molecule has 8 heteroatoms. The van der Waals surface area contributed by atoms with Gasteiger partial charge in [0.25, 0.3) is 0 Å². The Morgan fingerprint density at radius 3 is 2.28 bits per heavy atom. The van der Waals surface area contributed by atoms with Crippen molar-refractivity contribution in [2.45, 2.75) is 32.9 Å². The predicted molar refractivity (Wildman–Crippen MR) is 122 cm³/mol. The van der Waals surface area contributed by atoms with E-state index in [1.54, 1.807) is 7.11 Å². The second-order valence-electron chi connectivity index (χ2n) is 8.62. The maximum absolute atomic E-state index is 13.6. The zero-order valence-corrected chi connectivity index (χ0v) is 19.0. The molecule has 0 radical (unpaired) electrons. The van der Waals surface area contributed by atoms with Gasteiger partial charge in [-0.05, 0) is 64.7 Å². The Balaban J connectivity index is 1.55. The van der Waals surface area contributed by atoms with E-state index in [4.69, 9.17) is 4.74 Å². The van der Waals surface area contributed by atoms with E-state index in [0.717, 1.165) is 56.3 Å². The van der Waals surface area contributed by atoms with Gasteiger partial charge in [-0.25, -0.2) is 9.07 Å². The van der Waals surface area contributed by atoms with Gasteiger partial charge in [0.05, 0.1) is 13.2 Å². The number of hydrogen-bond donors (Lipinski definition) is 0. The third-order valence-corrected chi connectivity index (χ3v) is 6.03. The summed E-state index contributed by atoms with van der Waals surface area (Å²) in [5, 5.41) is 12.6. The summed E-state index contributed by atoms with van der Waals surface area (Å²) in [7, 11) is 1.68. The van der Waals surface area contributed by atoms with Crippen molar-refractivity contribution in [3.63, 3.8) is 0 Å². The largest absolute Gasteiger partial charge is 0.497 e. The second-order valence-corrected chi connectivity index (χ2v) is 8.62. The van der Waals surface area contributed by atoms with Crippen LogP contribution in [0, 0.1) is 11.7 Å². The molecule has 7 nitrogen and oxygen atoms in total. The molecule has 1 aromatic heterocycles. The van der Waals surface area contributed by atoms with E-state index >= 15 is 0 Å². The number of aryl methyl sites for hydroxylation is 1. The summed E-state index contributed by atoms with van der Waals surface area (Å²) < 4.78 is 20.8. The highest BCUT2D eigenvalue weighted by Gasteiger charge is 2.30. The van der Waals surface area contributed by atoms with Crippen molar-refractivity contribution < 1.29 is 9.13 Å². The van der Waals surface area contributed by atoms with Crippen LogP contribution in [0.15, 0.2) is 48.5 Å². The lowest BCUT2D eigenvalue weighted by atomic mass is 10.0. The van der Waals surface area contributed by atoms with Crippen LogP contribution in [-0.2, 0) is 6.54 Å². The minimum absolute atomic E-state index is 0.115. The lowest BCUT2D eigenvalue weighted by Crippen LogP contribution is -2.48. The number of aromatic nitrogens is 4. The molecule has 1 fully saturated rings. The number of piperazine rings is 1. The summed E-state index contributed by atoms with van der Waals surface area (Å²) in [5.74, 6) is 1.99. The second kappa shape index (κ2) is 10.1. The van der Waals surface area contributed by atoms with Crippen LogP contribution in [0.5, 0.6) is 5.75 Å². The Morgan fingerprint density at radius 2 is 1.66 bits per heavy atom. The smallest absolute Gasteiger partial charge is 0.173 e. The fraction of sp³-hybridized carbons (Fsp3) is 0.458. The van der Waals surface area contributed by atoms with E-state index in [-0.39, 0.29) is 11.9 Å². The highest BCUT2D eigenvalue weighted by Crippen LogP contribution is 2.30. The molecular formula is C24H31FN6O. The molecule has 4 rings (SSSR count). The molecule has 0 bridgehead atoms. The molecule has 0 spiro atoms. The molecule has 1 aliphatic rings. The van der Waals surface area contributed by atoms with Crippen molar-refractivity contribution in [1.82, 2.24) is 25.1 Å². The van der Waals surface area contributed by atoms with E-state index < -0.39 is 0 Å². The Hall–Kier alpha value is -3.00. The molecule has 0 saturated carbocycles. The monoisotopic (exact) mass is 438 g/mol. The number of rotatable bonds is 8. The average molecular weight is 439 g/mol. The summed E-state index contributed by atoms with van der Waals surface area (Å²) in [6, 6.07) is 14.8. The third kappa shape index (κ3) is 5.07. The predicted octanol–water partition coefficient (Wildman–Crippen LogP) is 3.78. The molecule has 0 unspecified atom stereocenters. The highest BCUT2D eigenvalue weighted by molar-refractivity contribution is 5.49. The molecule has 0 N–H and O–H groups in total. The molecular weight excluding hydrogens is 407 g/mol. The summed E-state index contributed by atoms with van der Waals surface area (Å²) >= 11 is 0. The number of hydrogen-bond acceptors (Lipinski definition) is 6. The summed E-state index contributed by atoms with van der Waals surface area (Å²) in [6.45, 7) is 8.63. The Labute approximate surface area is 188 Å². The Bertz CT molecular complexity index is 980. The minimum Gasteiger partial charge on any atom is -0.497 e.